The molecule has 3 rings (SSSR count). The van der Waals surface area contributed by atoms with Gasteiger partial charge in [-0.25, -0.2) is 9.37 Å². The lowest BCUT2D eigenvalue weighted by molar-refractivity contribution is -0.146. The fourth-order valence-electron chi connectivity index (χ4n) is 3.77. The Balaban J connectivity index is 2.10. The van der Waals surface area contributed by atoms with Crippen LogP contribution < -0.4 is 4.90 Å². The predicted octanol–water partition coefficient (Wildman–Crippen LogP) is 4.85. The van der Waals surface area contributed by atoms with Crippen LogP contribution in [0.15, 0.2) is 18.5 Å². The second kappa shape index (κ2) is 8.66. The van der Waals surface area contributed by atoms with E-state index >= 15 is 0 Å². The number of nitrogens with zero attached hydrogens (tertiary/aromatic N) is 3. The zero-order valence-corrected chi connectivity index (χ0v) is 18.3. The van der Waals surface area contributed by atoms with Crippen LogP contribution in [0.2, 0.25) is 0 Å². The number of pyridine rings is 2. The van der Waals surface area contributed by atoms with E-state index in [0.29, 0.717) is 11.1 Å². The molecule has 0 amide bonds. The minimum atomic E-state index is -1.14. The van der Waals surface area contributed by atoms with E-state index < -0.39 is 11.8 Å². The van der Waals surface area contributed by atoms with E-state index in [-0.39, 0.29) is 23.9 Å². The Morgan fingerprint density at radius 2 is 1.87 bits per heavy atom. The van der Waals surface area contributed by atoms with Gasteiger partial charge in [0.15, 0.2) is 5.82 Å². The van der Waals surface area contributed by atoms with Crippen LogP contribution in [0.3, 0.4) is 0 Å². The van der Waals surface area contributed by atoms with Gasteiger partial charge in [0.2, 0.25) is 5.95 Å². The molecule has 0 radical (unpaired) electrons. The number of carbonyl (C=O) groups is 1. The number of anilines is 1. The Kier molecular flexibility index (Phi) is 6.38. The lowest BCUT2D eigenvalue weighted by atomic mass is 9.82. The first kappa shape index (κ1) is 22.1. The van der Waals surface area contributed by atoms with Crippen molar-refractivity contribution in [3.05, 3.63) is 41.5 Å². The molecular weight excluding hydrogens is 388 g/mol. The summed E-state index contributed by atoms with van der Waals surface area (Å²) in [5.74, 6) is -2.49. The summed E-state index contributed by atoms with van der Waals surface area (Å²) >= 11 is 0. The molecule has 1 aliphatic heterocycles. The van der Waals surface area contributed by atoms with Crippen molar-refractivity contribution in [3.63, 3.8) is 0 Å². The highest BCUT2D eigenvalue weighted by Gasteiger charge is 2.29. The van der Waals surface area contributed by atoms with E-state index in [9.17, 15) is 13.6 Å². The summed E-state index contributed by atoms with van der Waals surface area (Å²) in [7, 11) is 0. The topological polar surface area (TPSA) is 55.3 Å². The molecule has 5 nitrogen and oxygen atoms in total. The molecule has 0 bridgehead atoms. The Morgan fingerprint density at radius 1 is 1.20 bits per heavy atom. The van der Waals surface area contributed by atoms with Gasteiger partial charge in [-0.15, -0.1) is 0 Å². The standard InChI is InChI=1S/C23H29F2N3O2/c1-14(2)30-20(29)11-17-15(3)26-13-18(16-10-19(24)22(25)27-12-16)21(17)28-8-6-23(4,5)7-9-28/h10,12-14H,6-9,11H2,1-5H3. The maximum Gasteiger partial charge on any atom is 0.310 e. The van der Waals surface area contributed by atoms with E-state index in [1.54, 1.807) is 20.0 Å². The van der Waals surface area contributed by atoms with Gasteiger partial charge in [0, 0.05) is 47.9 Å². The smallest absolute Gasteiger partial charge is 0.310 e. The van der Waals surface area contributed by atoms with Gasteiger partial charge in [0.25, 0.3) is 0 Å². The first-order valence-electron chi connectivity index (χ1n) is 10.3. The van der Waals surface area contributed by atoms with E-state index in [0.717, 1.165) is 48.9 Å². The second-order valence-electron chi connectivity index (χ2n) is 8.95. The third-order valence-corrected chi connectivity index (χ3v) is 5.59. The number of hydrogen-bond acceptors (Lipinski definition) is 5. The highest BCUT2D eigenvalue weighted by Crippen LogP contribution is 2.40. The SMILES string of the molecule is Cc1ncc(-c2cnc(F)c(F)c2)c(N2CCC(C)(C)CC2)c1CC(=O)OC(C)C. The molecule has 3 heterocycles. The van der Waals surface area contributed by atoms with Gasteiger partial charge >= 0.3 is 5.97 Å². The van der Waals surface area contributed by atoms with Crippen molar-refractivity contribution in [2.24, 2.45) is 5.41 Å². The molecule has 0 unspecified atom stereocenters. The molecule has 0 saturated carbocycles. The Hall–Kier alpha value is -2.57. The largest absolute Gasteiger partial charge is 0.463 e. The highest BCUT2D eigenvalue weighted by atomic mass is 19.2. The second-order valence-corrected chi connectivity index (χ2v) is 8.95. The molecule has 162 valence electrons. The highest BCUT2D eigenvalue weighted by molar-refractivity contribution is 5.84. The fraction of sp³-hybridized carbons (Fsp3) is 0.522. The molecule has 2 aromatic heterocycles. The summed E-state index contributed by atoms with van der Waals surface area (Å²) in [5.41, 5.74) is 3.60. The number of aromatic nitrogens is 2. The van der Waals surface area contributed by atoms with Crippen LogP contribution in [-0.2, 0) is 16.0 Å². The number of esters is 1. The van der Waals surface area contributed by atoms with E-state index in [1.807, 2.05) is 6.92 Å². The zero-order chi connectivity index (χ0) is 22.1. The summed E-state index contributed by atoms with van der Waals surface area (Å²) in [4.78, 5) is 22.7. The van der Waals surface area contributed by atoms with Crippen LogP contribution in [0.1, 0.15) is 51.8 Å². The minimum Gasteiger partial charge on any atom is -0.463 e. The summed E-state index contributed by atoms with van der Waals surface area (Å²) < 4.78 is 32.7. The molecule has 0 spiro atoms. The first-order valence-corrected chi connectivity index (χ1v) is 10.3. The Morgan fingerprint density at radius 3 is 2.47 bits per heavy atom. The molecule has 0 aromatic carbocycles. The summed E-state index contributed by atoms with van der Waals surface area (Å²) in [6.07, 6.45) is 4.77. The van der Waals surface area contributed by atoms with Crippen LogP contribution in [0.25, 0.3) is 11.1 Å². The maximum absolute atomic E-state index is 13.9. The van der Waals surface area contributed by atoms with Crippen molar-refractivity contribution in [2.75, 3.05) is 18.0 Å². The molecule has 0 atom stereocenters. The number of rotatable bonds is 5. The molecule has 1 aliphatic rings. The lowest BCUT2D eigenvalue weighted by Gasteiger charge is -2.40. The van der Waals surface area contributed by atoms with Gasteiger partial charge < -0.3 is 9.64 Å². The van der Waals surface area contributed by atoms with Gasteiger partial charge in [-0.2, -0.15) is 4.39 Å². The normalized spacial score (nSPS) is 16.1. The molecule has 7 heteroatoms. The Bertz CT molecular complexity index is 934. The van der Waals surface area contributed by atoms with Crippen LogP contribution in [0.4, 0.5) is 14.5 Å². The maximum atomic E-state index is 13.9. The fourth-order valence-corrected chi connectivity index (χ4v) is 3.77. The molecule has 0 N–H and O–H groups in total. The molecule has 0 aliphatic carbocycles. The van der Waals surface area contributed by atoms with Gasteiger partial charge in [0.1, 0.15) is 0 Å². The molecule has 2 aromatic rings. The van der Waals surface area contributed by atoms with Crippen molar-refractivity contribution in [2.45, 2.75) is 60.0 Å². The average molecular weight is 418 g/mol. The van der Waals surface area contributed by atoms with Gasteiger partial charge in [0.05, 0.1) is 18.2 Å². The summed E-state index contributed by atoms with van der Waals surface area (Å²) in [6.45, 7) is 11.5. The number of aryl methyl sites for hydroxylation is 1. The summed E-state index contributed by atoms with van der Waals surface area (Å²) in [6, 6.07) is 1.13. The predicted molar refractivity (Wildman–Crippen MR) is 112 cm³/mol. The van der Waals surface area contributed by atoms with Crippen molar-refractivity contribution in [1.29, 1.82) is 0 Å². The molecule has 1 fully saturated rings. The quantitative estimate of drug-likeness (QED) is 0.514. The number of hydrogen-bond donors (Lipinski definition) is 0. The number of halogens is 2. The minimum absolute atomic E-state index is 0.0667. The average Bonchev–Trinajstić information content (AvgIpc) is 2.65. The number of piperidine rings is 1. The van der Waals surface area contributed by atoms with E-state index in [4.69, 9.17) is 4.74 Å². The monoisotopic (exact) mass is 417 g/mol. The summed E-state index contributed by atoms with van der Waals surface area (Å²) in [5, 5.41) is 0. The van der Waals surface area contributed by atoms with Crippen molar-refractivity contribution in [3.8, 4) is 11.1 Å². The van der Waals surface area contributed by atoms with Gasteiger partial charge in [-0.05, 0) is 45.1 Å². The van der Waals surface area contributed by atoms with Gasteiger partial charge in [-0.1, -0.05) is 13.8 Å². The third-order valence-electron chi connectivity index (χ3n) is 5.59. The molecule has 1 saturated heterocycles. The molecular formula is C23H29F2N3O2. The van der Waals surface area contributed by atoms with Crippen LogP contribution in [0.5, 0.6) is 0 Å². The first-order chi connectivity index (χ1) is 14.1. The van der Waals surface area contributed by atoms with Crippen LogP contribution >= 0.6 is 0 Å². The lowest BCUT2D eigenvalue weighted by Crippen LogP contribution is -2.38. The van der Waals surface area contributed by atoms with E-state index in [2.05, 4.69) is 28.7 Å². The Labute approximate surface area is 176 Å². The van der Waals surface area contributed by atoms with E-state index in [1.165, 1.54) is 6.20 Å². The third kappa shape index (κ3) is 4.94. The number of carbonyl (C=O) groups excluding carboxylic acids is 1. The van der Waals surface area contributed by atoms with Crippen molar-refractivity contribution >= 4 is 11.7 Å². The van der Waals surface area contributed by atoms with Crippen molar-refractivity contribution < 1.29 is 18.3 Å². The van der Waals surface area contributed by atoms with Gasteiger partial charge in [-0.3, -0.25) is 9.78 Å². The number of ether oxygens (including phenoxy) is 1. The zero-order valence-electron chi connectivity index (χ0n) is 18.3. The van der Waals surface area contributed by atoms with Crippen LogP contribution in [-0.4, -0.2) is 35.1 Å². The van der Waals surface area contributed by atoms with Crippen LogP contribution in [0, 0.1) is 24.1 Å². The van der Waals surface area contributed by atoms with Crippen molar-refractivity contribution in [1.82, 2.24) is 9.97 Å². The molecule has 30 heavy (non-hydrogen) atoms.